The van der Waals surface area contributed by atoms with Gasteiger partial charge < -0.3 is 9.84 Å². The number of hydrogen-bond acceptors (Lipinski definition) is 3. The molecule has 70 valence electrons. The zero-order valence-electron chi connectivity index (χ0n) is 7.30. The summed E-state index contributed by atoms with van der Waals surface area (Å²) in [6.07, 6.45) is 0. The van der Waals surface area contributed by atoms with Crippen molar-refractivity contribution in [2.24, 2.45) is 0 Å². The lowest BCUT2D eigenvalue weighted by Crippen LogP contribution is -2.01. The summed E-state index contributed by atoms with van der Waals surface area (Å²) in [7, 11) is 1.26. The minimum Gasteiger partial charge on any atom is -0.504 e. The summed E-state index contributed by atoms with van der Waals surface area (Å²) >= 11 is 0. The maximum absolute atomic E-state index is 13.1. The van der Waals surface area contributed by atoms with E-state index in [2.05, 4.69) is 0 Å². The van der Waals surface area contributed by atoms with Gasteiger partial charge in [-0.2, -0.15) is 0 Å². The maximum atomic E-state index is 13.1. The molecule has 1 aromatic rings. The molecule has 0 heterocycles. The van der Waals surface area contributed by atoms with Gasteiger partial charge in [-0.25, -0.2) is 4.39 Å². The van der Waals surface area contributed by atoms with Crippen molar-refractivity contribution >= 4 is 5.78 Å². The molecule has 0 atom stereocenters. The van der Waals surface area contributed by atoms with Crippen LogP contribution < -0.4 is 4.74 Å². The van der Waals surface area contributed by atoms with Gasteiger partial charge in [0, 0.05) is 0 Å². The van der Waals surface area contributed by atoms with Crippen LogP contribution in [0.1, 0.15) is 17.3 Å². The average molecular weight is 184 g/mol. The zero-order valence-corrected chi connectivity index (χ0v) is 7.30. The van der Waals surface area contributed by atoms with Crippen molar-refractivity contribution in [1.82, 2.24) is 0 Å². The van der Waals surface area contributed by atoms with Crippen LogP contribution in [0.15, 0.2) is 12.1 Å². The van der Waals surface area contributed by atoms with Gasteiger partial charge in [-0.1, -0.05) is 0 Å². The Morgan fingerprint density at radius 2 is 2.15 bits per heavy atom. The number of aromatic hydroxyl groups is 1. The van der Waals surface area contributed by atoms with Crippen LogP contribution in [0.3, 0.4) is 0 Å². The van der Waals surface area contributed by atoms with Crippen molar-refractivity contribution in [2.75, 3.05) is 7.11 Å². The zero-order chi connectivity index (χ0) is 10.0. The van der Waals surface area contributed by atoms with Crippen molar-refractivity contribution in [3.05, 3.63) is 23.5 Å². The van der Waals surface area contributed by atoms with Gasteiger partial charge in [0.1, 0.15) is 5.82 Å². The lowest BCUT2D eigenvalue weighted by molar-refractivity contribution is 0.101. The molecule has 0 aliphatic heterocycles. The third-order valence-electron chi connectivity index (χ3n) is 1.64. The predicted octanol–water partition coefficient (Wildman–Crippen LogP) is 1.74. The Morgan fingerprint density at radius 1 is 1.54 bits per heavy atom. The van der Waals surface area contributed by atoms with Gasteiger partial charge in [-0.05, 0) is 19.1 Å². The van der Waals surface area contributed by atoms with Crippen molar-refractivity contribution < 1.29 is 19.0 Å². The molecule has 0 aliphatic rings. The second-order valence-electron chi connectivity index (χ2n) is 2.53. The number of phenols is 1. The highest BCUT2D eigenvalue weighted by Gasteiger charge is 2.17. The largest absolute Gasteiger partial charge is 0.504 e. The SMILES string of the molecule is COc1c(O)ccc(F)c1C(C)=O. The van der Waals surface area contributed by atoms with Crippen LogP contribution in [0.25, 0.3) is 0 Å². The summed E-state index contributed by atoms with van der Waals surface area (Å²) in [5, 5.41) is 9.22. The number of benzene rings is 1. The van der Waals surface area contributed by atoms with Crippen LogP contribution in [-0.2, 0) is 0 Å². The number of carbonyl (C=O) groups is 1. The summed E-state index contributed by atoms with van der Waals surface area (Å²) in [4.78, 5) is 11.0. The van der Waals surface area contributed by atoms with E-state index in [1.807, 2.05) is 0 Å². The first-order chi connectivity index (χ1) is 6.07. The number of ether oxygens (including phenoxy) is 1. The van der Waals surface area contributed by atoms with E-state index < -0.39 is 11.6 Å². The summed E-state index contributed by atoms with van der Waals surface area (Å²) in [5.41, 5.74) is -0.220. The van der Waals surface area contributed by atoms with Crippen LogP contribution in [0, 0.1) is 5.82 Å². The lowest BCUT2D eigenvalue weighted by Gasteiger charge is -2.07. The molecule has 0 fully saturated rings. The summed E-state index contributed by atoms with van der Waals surface area (Å²) in [6, 6.07) is 2.16. The fraction of sp³-hybridized carbons (Fsp3) is 0.222. The molecule has 0 bridgehead atoms. The van der Waals surface area contributed by atoms with Gasteiger partial charge in [0.05, 0.1) is 12.7 Å². The molecule has 0 radical (unpaired) electrons. The van der Waals surface area contributed by atoms with E-state index in [0.717, 1.165) is 12.1 Å². The number of rotatable bonds is 2. The maximum Gasteiger partial charge on any atom is 0.174 e. The predicted molar refractivity (Wildman–Crippen MR) is 44.6 cm³/mol. The van der Waals surface area contributed by atoms with Crippen LogP contribution in [0.2, 0.25) is 0 Å². The van der Waals surface area contributed by atoms with E-state index in [1.165, 1.54) is 14.0 Å². The van der Waals surface area contributed by atoms with Crippen LogP contribution in [0.5, 0.6) is 11.5 Å². The van der Waals surface area contributed by atoms with E-state index in [-0.39, 0.29) is 17.1 Å². The summed E-state index contributed by atoms with van der Waals surface area (Å²) in [5.74, 6) is -1.53. The van der Waals surface area contributed by atoms with Crippen LogP contribution in [0.4, 0.5) is 4.39 Å². The Morgan fingerprint density at radius 3 is 2.54 bits per heavy atom. The third kappa shape index (κ3) is 1.61. The normalized spacial score (nSPS) is 9.77. The topological polar surface area (TPSA) is 46.5 Å². The molecule has 0 unspecified atom stereocenters. The highest BCUT2D eigenvalue weighted by Crippen LogP contribution is 2.31. The number of ketones is 1. The smallest absolute Gasteiger partial charge is 0.174 e. The molecule has 0 aromatic heterocycles. The first-order valence-corrected chi connectivity index (χ1v) is 3.64. The quantitative estimate of drug-likeness (QED) is 0.712. The van der Waals surface area contributed by atoms with E-state index >= 15 is 0 Å². The van der Waals surface area contributed by atoms with E-state index in [0.29, 0.717) is 0 Å². The van der Waals surface area contributed by atoms with Gasteiger partial charge in [0.15, 0.2) is 17.3 Å². The molecule has 0 saturated heterocycles. The number of hydrogen-bond donors (Lipinski definition) is 1. The number of carbonyl (C=O) groups excluding carboxylic acids is 1. The standard InChI is InChI=1S/C9H9FO3/c1-5(11)8-6(10)3-4-7(12)9(8)13-2/h3-4,12H,1-2H3. The first-order valence-electron chi connectivity index (χ1n) is 3.64. The Bertz CT molecular complexity index is 347. The Labute approximate surface area is 74.8 Å². The first kappa shape index (κ1) is 9.51. The fourth-order valence-corrected chi connectivity index (χ4v) is 1.08. The van der Waals surface area contributed by atoms with Gasteiger partial charge >= 0.3 is 0 Å². The van der Waals surface area contributed by atoms with Crippen molar-refractivity contribution in [3.8, 4) is 11.5 Å². The molecular formula is C9H9FO3. The number of halogens is 1. The molecule has 1 aromatic carbocycles. The van der Waals surface area contributed by atoms with Gasteiger partial charge in [0.25, 0.3) is 0 Å². The van der Waals surface area contributed by atoms with Crippen LogP contribution in [-0.4, -0.2) is 18.0 Å². The molecular weight excluding hydrogens is 175 g/mol. The number of Topliss-reactive ketones (excluding diaryl/α,β-unsaturated/α-hetero) is 1. The Kier molecular flexibility index (Phi) is 2.51. The monoisotopic (exact) mass is 184 g/mol. The number of phenolic OH excluding ortho intramolecular Hbond substituents is 1. The summed E-state index contributed by atoms with van der Waals surface area (Å²) in [6.45, 7) is 1.21. The van der Waals surface area contributed by atoms with E-state index in [9.17, 15) is 14.3 Å². The second-order valence-corrected chi connectivity index (χ2v) is 2.53. The Hall–Kier alpha value is -1.58. The third-order valence-corrected chi connectivity index (χ3v) is 1.64. The lowest BCUT2D eigenvalue weighted by atomic mass is 10.1. The molecule has 0 aliphatic carbocycles. The molecule has 0 amide bonds. The molecule has 1 rings (SSSR count). The van der Waals surface area contributed by atoms with Crippen molar-refractivity contribution in [2.45, 2.75) is 6.92 Å². The molecule has 0 saturated carbocycles. The van der Waals surface area contributed by atoms with Crippen molar-refractivity contribution in [3.63, 3.8) is 0 Å². The van der Waals surface area contributed by atoms with E-state index in [4.69, 9.17) is 4.74 Å². The molecule has 4 heteroatoms. The van der Waals surface area contributed by atoms with Gasteiger partial charge in [0.2, 0.25) is 0 Å². The van der Waals surface area contributed by atoms with Gasteiger partial charge in [-0.3, -0.25) is 4.79 Å². The van der Waals surface area contributed by atoms with Gasteiger partial charge in [-0.15, -0.1) is 0 Å². The minimum atomic E-state index is -0.692. The Balaban J connectivity index is 3.43. The number of methoxy groups -OCH3 is 1. The molecule has 13 heavy (non-hydrogen) atoms. The van der Waals surface area contributed by atoms with Crippen molar-refractivity contribution in [1.29, 1.82) is 0 Å². The highest BCUT2D eigenvalue weighted by molar-refractivity contribution is 5.97. The highest BCUT2D eigenvalue weighted by atomic mass is 19.1. The molecule has 3 nitrogen and oxygen atoms in total. The van der Waals surface area contributed by atoms with E-state index in [1.54, 1.807) is 0 Å². The molecule has 0 spiro atoms. The second kappa shape index (κ2) is 3.43. The molecule has 1 N–H and O–H groups in total. The average Bonchev–Trinajstić information content (AvgIpc) is 2.07. The summed E-state index contributed by atoms with van der Waals surface area (Å²) < 4.78 is 17.8. The van der Waals surface area contributed by atoms with Crippen LogP contribution >= 0.6 is 0 Å². The minimum absolute atomic E-state index is 0.118. The fourth-order valence-electron chi connectivity index (χ4n) is 1.08.